The van der Waals surface area contributed by atoms with Crippen molar-refractivity contribution in [2.24, 2.45) is 0 Å². The molecule has 8 heteroatoms. The van der Waals surface area contributed by atoms with Gasteiger partial charge in [-0.25, -0.2) is 12.8 Å². The monoisotopic (exact) mass is 433 g/mol. The average molecular weight is 434 g/mol. The summed E-state index contributed by atoms with van der Waals surface area (Å²) in [7, 11) is -2.53. The number of halogens is 1. The summed E-state index contributed by atoms with van der Waals surface area (Å²) in [6, 6.07) is 12.5. The second kappa shape index (κ2) is 10.1. The highest BCUT2D eigenvalue weighted by atomic mass is 32.2. The molecule has 30 heavy (non-hydrogen) atoms. The Labute approximate surface area is 177 Å². The molecule has 0 unspecified atom stereocenters. The van der Waals surface area contributed by atoms with Crippen LogP contribution in [0.4, 0.5) is 4.39 Å². The molecule has 162 valence electrons. The number of nitrogens with one attached hydrogen (secondary N) is 1. The van der Waals surface area contributed by atoms with E-state index in [1.54, 1.807) is 0 Å². The maximum Gasteiger partial charge on any atom is 0.243 e. The first-order valence-electron chi connectivity index (χ1n) is 10.1. The first-order chi connectivity index (χ1) is 14.4. The van der Waals surface area contributed by atoms with Gasteiger partial charge in [-0.2, -0.15) is 4.31 Å². The molecule has 1 N–H and O–H groups in total. The number of carbonyl (C=O) groups excluding carboxylic acids is 1. The maximum absolute atomic E-state index is 13.1. The number of likely N-dealkylation sites (tertiary alicyclic amines) is 1. The molecular weight excluding hydrogens is 405 g/mol. The van der Waals surface area contributed by atoms with Crippen LogP contribution in [0.3, 0.4) is 0 Å². The molecule has 0 spiro atoms. The Morgan fingerprint density at radius 3 is 2.33 bits per heavy atom. The Kier molecular flexibility index (Phi) is 7.58. The van der Waals surface area contributed by atoms with Crippen molar-refractivity contribution in [2.45, 2.75) is 37.2 Å². The van der Waals surface area contributed by atoms with E-state index < -0.39 is 21.7 Å². The summed E-state index contributed by atoms with van der Waals surface area (Å²) in [5, 5.41) is 2.82. The number of piperidine rings is 1. The number of likely N-dealkylation sites (N-methyl/N-ethyl adjacent to an activating group) is 1. The van der Waals surface area contributed by atoms with Gasteiger partial charge in [0.2, 0.25) is 15.9 Å². The second-order valence-electron chi connectivity index (χ2n) is 7.60. The number of benzene rings is 2. The van der Waals surface area contributed by atoms with Gasteiger partial charge in [0.05, 0.1) is 11.4 Å². The highest BCUT2D eigenvalue weighted by molar-refractivity contribution is 7.89. The van der Waals surface area contributed by atoms with E-state index in [-0.39, 0.29) is 11.4 Å². The lowest BCUT2D eigenvalue weighted by Gasteiger charge is -2.27. The molecule has 0 aromatic heterocycles. The molecule has 1 heterocycles. The third kappa shape index (κ3) is 5.87. The van der Waals surface area contributed by atoms with Gasteiger partial charge < -0.3 is 5.32 Å². The summed E-state index contributed by atoms with van der Waals surface area (Å²) in [4.78, 5) is 14.7. The van der Waals surface area contributed by atoms with Crippen LogP contribution in [0.5, 0.6) is 0 Å². The molecule has 0 saturated carbocycles. The number of hydrogen-bond acceptors (Lipinski definition) is 4. The molecule has 6 nitrogen and oxygen atoms in total. The lowest BCUT2D eigenvalue weighted by molar-refractivity contribution is -0.121. The first-order valence-corrected chi connectivity index (χ1v) is 11.6. The van der Waals surface area contributed by atoms with Crippen molar-refractivity contribution in [1.82, 2.24) is 14.5 Å². The fraction of sp³-hybridized carbons (Fsp3) is 0.409. The van der Waals surface area contributed by atoms with Gasteiger partial charge in [-0.15, -0.1) is 0 Å². The van der Waals surface area contributed by atoms with Gasteiger partial charge in [0.25, 0.3) is 0 Å². The van der Waals surface area contributed by atoms with Crippen molar-refractivity contribution < 1.29 is 17.6 Å². The van der Waals surface area contributed by atoms with Gasteiger partial charge in [-0.1, -0.05) is 30.7 Å². The minimum atomic E-state index is -3.86. The molecule has 2 aromatic rings. The molecule has 0 radical (unpaired) electrons. The third-order valence-corrected chi connectivity index (χ3v) is 7.14. The third-order valence-electron chi connectivity index (χ3n) is 5.33. The van der Waals surface area contributed by atoms with Gasteiger partial charge >= 0.3 is 0 Å². The SMILES string of the molecule is CN(CC(=O)NCc1ccccc1CN1CCCCC1)S(=O)(=O)c1ccc(F)cc1. The first kappa shape index (κ1) is 22.4. The van der Waals surface area contributed by atoms with Gasteiger partial charge in [0.1, 0.15) is 5.82 Å². The van der Waals surface area contributed by atoms with Gasteiger partial charge in [-0.05, 0) is 61.3 Å². The molecule has 1 aliphatic heterocycles. The van der Waals surface area contributed by atoms with Crippen LogP contribution in [-0.2, 0) is 27.9 Å². The Morgan fingerprint density at radius 1 is 1.03 bits per heavy atom. The Bertz CT molecular complexity index is 958. The van der Waals surface area contributed by atoms with Crippen LogP contribution in [0.15, 0.2) is 53.4 Å². The lowest BCUT2D eigenvalue weighted by Crippen LogP contribution is -2.38. The summed E-state index contributed by atoms with van der Waals surface area (Å²) in [5.74, 6) is -0.909. The molecule has 3 rings (SSSR count). The van der Waals surface area contributed by atoms with E-state index in [4.69, 9.17) is 0 Å². The number of hydrogen-bond donors (Lipinski definition) is 1. The number of rotatable bonds is 8. The largest absolute Gasteiger partial charge is 0.351 e. The number of nitrogens with zero attached hydrogens (tertiary/aromatic N) is 2. The molecule has 0 bridgehead atoms. The molecule has 0 aliphatic carbocycles. The Morgan fingerprint density at radius 2 is 1.67 bits per heavy atom. The maximum atomic E-state index is 13.1. The zero-order valence-electron chi connectivity index (χ0n) is 17.2. The summed E-state index contributed by atoms with van der Waals surface area (Å²) >= 11 is 0. The van der Waals surface area contributed by atoms with Crippen molar-refractivity contribution in [3.8, 4) is 0 Å². The molecular formula is C22H28FN3O3S. The predicted molar refractivity (Wildman–Crippen MR) is 114 cm³/mol. The smallest absolute Gasteiger partial charge is 0.243 e. The standard InChI is InChI=1S/C22H28FN3O3S/c1-25(30(28,29)21-11-9-20(23)10-12-21)17-22(27)24-15-18-7-3-4-8-19(18)16-26-13-5-2-6-14-26/h3-4,7-12H,2,5-6,13-17H2,1H3,(H,24,27). The molecule has 1 aliphatic rings. The Balaban J connectivity index is 1.57. The molecule has 1 fully saturated rings. The zero-order valence-corrected chi connectivity index (χ0v) is 18.0. The van der Waals surface area contributed by atoms with Crippen LogP contribution >= 0.6 is 0 Å². The summed E-state index contributed by atoms with van der Waals surface area (Å²) in [5.41, 5.74) is 2.20. The van der Waals surface area contributed by atoms with Crippen LogP contribution in [0, 0.1) is 5.82 Å². The van der Waals surface area contributed by atoms with Crippen LogP contribution in [0.1, 0.15) is 30.4 Å². The second-order valence-corrected chi connectivity index (χ2v) is 9.64. The van der Waals surface area contributed by atoms with Crippen molar-refractivity contribution in [1.29, 1.82) is 0 Å². The molecule has 2 aromatic carbocycles. The highest BCUT2D eigenvalue weighted by Gasteiger charge is 2.23. The van der Waals surface area contributed by atoms with Crippen molar-refractivity contribution >= 4 is 15.9 Å². The van der Waals surface area contributed by atoms with Crippen LogP contribution in [0.2, 0.25) is 0 Å². The minimum Gasteiger partial charge on any atom is -0.351 e. The van der Waals surface area contributed by atoms with Crippen LogP contribution < -0.4 is 5.32 Å². The number of sulfonamides is 1. The number of carbonyl (C=O) groups is 1. The lowest BCUT2D eigenvalue weighted by atomic mass is 10.0. The van der Waals surface area contributed by atoms with Crippen molar-refractivity contribution in [2.75, 3.05) is 26.7 Å². The summed E-state index contributed by atoms with van der Waals surface area (Å²) in [6.07, 6.45) is 3.71. The Hall–Kier alpha value is -2.29. The van der Waals surface area contributed by atoms with Gasteiger partial charge in [0, 0.05) is 20.1 Å². The van der Waals surface area contributed by atoms with Crippen LogP contribution in [-0.4, -0.2) is 50.2 Å². The van der Waals surface area contributed by atoms with Crippen molar-refractivity contribution in [3.05, 3.63) is 65.5 Å². The van der Waals surface area contributed by atoms with Gasteiger partial charge in [0.15, 0.2) is 0 Å². The van der Waals surface area contributed by atoms with E-state index in [0.29, 0.717) is 6.54 Å². The highest BCUT2D eigenvalue weighted by Crippen LogP contribution is 2.17. The fourth-order valence-electron chi connectivity index (χ4n) is 3.57. The normalized spacial score (nSPS) is 15.3. The van der Waals surface area contributed by atoms with E-state index in [1.807, 2.05) is 18.2 Å². The van der Waals surface area contributed by atoms with E-state index in [1.165, 1.54) is 44.0 Å². The topological polar surface area (TPSA) is 69.7 Å². The van der Waals surface area contributed by atoms with E-state index >= 15 is 0 Å². The molecule has 0 atom stereocenters. The van der Waals surface area contributed by atoms with Crippen molar-refractivity contribution in [3.63, 3.8) is 0 Å². The van der Waals surface area contributed by atoms with Crippen LogP contribution in [0.25, 0.3) is 0 Å². The van der Waals surface area contributed by atoms with E-state index in [9.17, 15) is 17.6 Å². The predicted octanol–water partition coefficient (Wildman–Crippen LogP) is 2.75. The zero-order chi connectivity index (χ0) is 21.6. The quantitative estimate of drug-likeness (QED) is 0.695. The van der Waals surface area contributed by atoms with E-state index in [0.717, 1.165) is 41.6 Å². The molecule has 1 amide bonds. The summed E-state index contributed by atoms with van der Waals surface area (Å²) < 4.78 is 39.1. The minimum absolute atomic E-state index is 0.0499. The average Bonchev–Trinajstić information content (AvgIpc) is 2.74. The fourth-order valence-corrected chi connectivity index (χ4v) is 4.69. The van der Waals surface area contributed by atoms with Gasteiger partial charge in [-0.3, -0.25) is 9.69 Å². The molecule has 1 saturated heterocycles. The summed E-state index contributed by atoms with van der Waals surface area (Å²) in [6.45, 7) is 3.06. The van der Waals surface area contributed by atoms with E-state index in [2.05, 4.69) is 16.3 Å². The number of amides is 1.